The molecule has 1 unspecified atom stereocenters. The van der Waals surface area contributed by atoms with Gasteiger partial charge in [-0.05, 0) is 18.9 Å². The van der Waals surface area contributed by atoms with E-state index < -0.39 is 6.10 Å². The average Bonchev–Trinajstić information content (AvgIpc) is 1.65. The van der Waals surface area contributed by atoms with E-state index in [1.807, 2.05) is 6.92 Å². The third-order valence-electron chi connectivity index (χ3n) is 1.03. The van der Waals surface area contributed by atoms with Gasteiger partial charge in [-0.3, -0.25) is 0 Å². The number of hydrogen-bond donors (Lipinski definition) is 0. The molecule has 7 heavy (non-hydrogen) atoms. The highest BCUT2D eigenvalue weighted by Crippen LogP contribution is 2.01. The van der Waals surface area contributed by atoms with Crippen molar-refractivity contribution in [1.29, 1.82) is 0 Å². The van der Waals surface area contributed by atoms with Crippen molar-refractivity contribution in [3.8, 4) is 0 Å². The fourth-order valence-corrected chi connectivity index (χ4v) is 0.287. The molecule has 0 spiro atoms. The fourth-order valence-electron chi connectivity index (χ4n) is 0.287. The summed E-state index contributed by atoms with van der Waals surface area (Å²) in [5, 5.41) is 10.4. The van der Waals surface area contributed by atoms with Gasteiger partial charge in [0.1, 0.15) is 6.10 Å². The second-order valence-electron chi connectivity index (χ2n) is 1.65. The molecule has 0 saturated carbocycles. The Morgan fingerprint density at radius 2 is 2.29 bits per heavy atom. The highest BCUT2D eigenvalue weighted by molar-refractivity contribution is 4.97. The molecule has 0 fully saturated rings. The average molecular weight is 99.2 g/mol. The molecule has 0 aromatic heterocycles. The Balaban J connectivity index is 3.35. The lowest BCUT2D eigenvalue weighted by molar-refractivity contribution is 0.134. The van der Waals surface area contributed by atoms with Crippen LogP contribution in [0.4, 0.5) is 0 Å². The normalized spacial score (nSPS) is 13.6. The first kappa shape index (κ1) is 6.70. The molecule has 0 amide bonds. The first-order chi connectivity index (χ1) is 3.18. The molecular weight excluding hydrogens is 88.1 g/mol. The van der Waals surface area contributed by atoms with E-state index in [1.54, 1.807) is 6.92 Å². The summed E-state index contributed by atoms with van der Waals surface area (Å²) >= 11 is 0. The minimum absolute atomic E-state index is 0.579. The van der Waals surface area contributed by atoms with Gasteiger partial charge in [0.15, 0.2) is 0 Å². The van der Waals surface area contributed by atoms with Gasteiger partial charge >= 0.3 is 0 Å². The molecule has 41 valence electrons. The molecule has 1 nitrogen and oxygen atoms in total. The molecule has 0 aliphatic carbocycles. The summed E-state index contributed by atoms with van der Waals surface area (Å²) < 4.78 is 0. The Hall–Kier alpha value is -0.300. The minimum atomic E-state index is -0.579. The zero-order chi connectivity index (χ0) is 5.86. The lowest BCUT2D eigenvalue weighted by Crippen LogP contribution is -1.98. The van der Waals surface area contributed by atoms with Crippen LogP contribution in [0.25, 0.3) is 0 Å². The van der Waals surface area contributed by atoms with Crippen molar-refractivity contribution in [2.75, 3.05) is 0 Å². The maximum Gasteiger partial charge on any atom is 0.111 e. The van der Waals surface area contributed by atoms with Gasteiger partial charge in [0, 0.05) is 0 Å². The molecule has 0 N–H and O–H groups in total. The SMILES string of the molecule is C=C(CC)C(C)[O]. The Morgan fingerprint density at radius 1 is 1.86 bits per heavy atom. The van der Waals surface area contributed by atoms with Gasteiger partial charge in [0.2, 0.25) is 0 Å². The molecule has 0 aromatic carbocycles. The van der Waals surface area contributed by atoms with E-state index in [4.69, 9.17) is 0 Å². The predicted octanol–water partition coefficient (Wildman–Crippen LogP) is 1.77. The van der Waals surface area contributed by atoms with Gasteiger partial charge in [-0.1, -0.05) is 13.5 Å². The highest BCUT2D eigenvalue weighted by Gasteiger charge is 1.97. The highest BCUT2D eigenvalue weighted by atomic mass is 16.3. The smallest absolute Gasteiger partial charge is 0.111 e. The van der Waals surface area contributed by atoms with Crippen LogP contribution < -0.4 is 0 Å². The monoisotopic (exact) mass is 99.1 g/mol. The van der Waals surface area contributed by atoms with Gasteiger partial charge in [-0.25, -0.2) is 5.11 Å². The summed E-state index contributed by atoms with van der Waals surface area (Å²) in [6.07, 6.45) is 0.231. The van der Waals surface area contributed by atoms with Crippen molar-refractivity contribution in [3.63, 3.8) is 0 Å². The molecule has 0 aromatic rings. The topological polar surface area (TPSA) is 19.9 Å². The van der Waals surface area contributed by atoms with E-state index in [1.165, 1.54) is 0 Å². The minimum Gasteiger partial charge on any atom is -0.229 e. The van der Waals surface area contributed by atoms with E-state index in [0.717, 1.165) is 12.0 Å². The van der Waals surface area contributed by atoms with Crippen LogP contribution in [0.1, 0.15) is 20.3 Å². The van der Waals surface area contributed by atoms with Crippen LogP contribution >= 0.6 is 0 Å². The lowest BCUT2D eigenvalue weighted by Gasteiger charge is -1.99. The van der Waals surface area contributed by atoms with Crippen LogP contribution in [0.2, 0.25) is 0 Å². The maximum atomic E-state index is 10.4. The van der Waals surface area contributed by atoms with Gasteiger partial charge < -0.3 is 0 Å². The summed E-state index contributed by atoms with van der Waals surface area (Å²) in [5.41, 5.74) is 0.792. The van der Waals surface area contributed by atoms with Crippen LogP contribution in [-0.2, 0) is 5.11 Å². The van der Waals surface area contributed by atoms with E-state index in [0.29, 0.717) is 0 Å². The molecule has 0 aliphatic heterocycles. The second-order valence-corrected chi connectivity index (χ2v) is 1.65. The third kappa shape index (κ3) is 2.40. The van der Waals surface area contributed by atoms with Crippen LogP contribution in [0.5, 0.6) is 0 Å². The molecule has 0 bridgehead atoms. The van der Waals surface area contributed by atoms with Crippen molar-refractivity contribution in [1.82, 2.24) is 0 Å². The second kappa shape index (κ2) is 2.80. The van der Waals surface area contributed by atoms with Gasteiger partial charge in [0.25, 0.3) is 0 Å². The summed E-state index contributed by atoms with van der Waals surface area (Å²) in [6.45, 7) is 7.12. The molecule has 0 rings (SSSR count). The Morgan fingerprint density at radius 3 is 2.29 bits per heavy atom. The van der Waals surface area contributed by atoms with E-state index in [2.05, 4.69) is 6.58 Å². The number of rotatable bonds is 2. The zero-order valence-electron chi connectivity index (χ0n) is 4.90. The van der Waals surface area contributed by atoms with Crippen molar-refractivity contribution in [2.45, 2.75) is 26.4 Å². The summed E-state index contributed by atoms with van der Waals surface area (Å²) in [7, 11) is 0. The summed E-state index contributed by atoms with van der Waals surface area (Å²) in [5.74, 6) is 0. The third-order valence-corrected chi connectivity index (χ3v) is 1.03. The Kier molecular flexibility index (Phi) is 2.68. The summed E-state index contributed by atoms with van der Waals surface area (Å²) in [6, 6.07) is 0. The van der Waals surface area contributed by atoms with Gasteiger partial charge in [0.05, 0.1) is 0 Å². The molecule has 1 atom stereocenters. The van der Waals surface area contributed by atoms with Crippen molar-refractivity contribution < 1.29 is 5.11 Å². The molecule has 0 aliphatic rings. The van der Waals surface area contributed by atoms with E-state index >= 15 is 0 Å². The van der Waals surface area contributed by atoms with Gasteiger partial charge in [-0.15, -0.1) is 0 Å². The van der Waals surface area contributed by atoms with Crippen molar-refractivity contribution in [3.05, 3.63) is 12.2 Å². The van der Waals surface area contributed by atoms with Crippen LogP contribution in [0.3, 0.4) is 0 Å². The van der Waals surface area contributed by atoms with Crippen molar-refractivity contribution in [2.24, 2.45) is 0 Å². The zero-order valence-corrected chi connectivity index (χ0v) is 4.90. The first-order valence-corrected chi connectivity index (χ1v) is 2.52. The standard InChI is InChI=1S/C6H11O/c1-4-5(2)6(3)7/h6H,2,4H2,1,3H3. The predicted molar refractivity (Wildman–Crippen MR) is 29.6 cm³/mol. The molecule has 0 saturated heterocycles. The Labute approximate surface area is 44.7 Å². The lowest BCUT2D eigenvalue weighted by atomic mass is 10.1. The molecule has 1 radical (unpaired) electrons. The Bertz CT molecular complexity index is 64.6. The van der Waals surface area contributed by atoms with E-state index in [-0.39, 0.29) is 0 Å². The van der Waals surface area contributed by atoms with Crippen molar-refractivity contribution >= 4 is 0 Å². The van der Waals surface area contributed by atoms with E-state index in [9.17, 15) is 5.11 Å². The maximum absolute atomic E-state index is 10.4. The van der Waals surface area contributed by atoms with Crippen LogP contribution in [0.15, 0.2) is 12.2 Å². The number of hydrogen-bond acceptors (Lipinski definition) is 0. The van der Waals surface area contributed by atoms with Crippen LogP contribution in [-0.4, -0.2) is 6.10 Å². The molecule has 0 heterocycles. The largest absolute Gasteiger partial charge is 0.229 e. The molecule has 1 heteroatoms. The first-order valence-electron chi connectivity index (χ1n) is 2.52. The fraction of sp³-hybridized carbons (Fsp3) is 0.667. The van der Waals surface area contributed by atoms with Crippen LogP contribution in [0, 0.1) is 0 Å². The quantitative estimate of drug-likeness (QED) is 0.470. The molecular formula is C6H11O. The van der Waals surface area contributed by atoms with Gasteiger partial charge in [-0.2, -0.15) is 0 Å². The summed E-state index contributed by atoms with van der Waals surface area (Å²) in [4.78, 5) is 0.